The minimum Gasteiger partial charge on any atom is -0.458 e. The molecule has 7 atom stereocenters. The number of unbranched alkanes of at least 4 members (excludes halogenated alkanes) is 2. The summed E-state index contributed by atoms with van der Waals surface area (Å²) in [6.45, 7) is 9.06. The first kappa shape index (κ1) is 37.4. The number of hydrogen-bond acceptors (Lipinski definition) is 10. The number of nitrogens with one attached hydrogen (secondary N) is 1. The van der Waals surface area contributed by atoms with Crippen LogP contribution >= 0.6 is 0 Å². The minimum atomic E-state index is -0.994. The Morgan fingerprint density at radius 1 is 1.08 bits per heavy atom. The number of esters is 1. The summed E-state index contributed by atoms with van der Waals surface area (Å²) >= 11 is 0. The van der Waals surface area contributed by atoms with E-state index in [4.69, 9.17) is 19.6 Å². The van der Waals surface area contributed by atoms with Gasteiger partial charge in [0.05, 0.1) is 18.0 Å². The van der Waals surface area contributed by atoms with Crippen LogP contribution in [0.15, 0.2) is 45.7 Å². The Morgan fingerprint density at radius 2 is 1.80 bits per heavy atom. The summed E-state index contributed by atoms with van der Waals surface area (Å²) in [5.74, 6) is -2.04. The highest BCUT2D eigenvalue weighted by atomic mass is 16.6. The summed E-state index contributed by atoms with van der Waals surface area (Å²) in [7, 11) is 0. The number of aromatic nitrogens is 2. The van der Waals surface area contributed by atoms with Crippen molar-refractivity contribution in [2.75, 3.05) is 6.61 Å². The minimum absolute atomic E-state index is 0.0457. The SMILES string of the molecule is CCCCCc1ccc(-c2cc3cn([C@H]4C[C@@H](OC(=O)C(NC(=O)C5CCCC5C(=O)C(N)C(C)C)C(C)C)[C@@H](CO)O4)c(=O)nc3o2)cc1. The Bertz CT molecular complexity index is 1700. The van der Waals surface area contributed by atoms with E-state index in [0.29, 0.717) is 24.0 Å². The number of benzene rings is 1. The second-order valence-corrected chi connectivity index (χ2v) is 14.5. The molecule has 0 bridgehead atoms. The molecule has 3 aromatic rings. The maximum absolute atomic E-state index is 13.5. The summed E-state index contributed by atoms with van der Waals surface area (Å²) in [5.41, 5.74) is 7.85. The number of furan rings is 1. The fourth-order valence-corrected chi connectivity index (χ4v) is 7.02. The third-order valence-corrected chi connectivity index (χ3v) is 10.2. The van der Waals surface area contributed by atoms with Crippen molar-refractivity contribution >= 4 is 28.8 Å². The normalized spacial score (nSPS) is 23.4. The van der Waals surface area contributed by atoms with Crippen molar-refractivity contribution in [1.29, 1.82) is 0 Å². The van der Waals surface area contributed by atoms with Gasteiger partial charge < -0.3 is 30.0 Å². The number of nitrogens with zero attached hydrogens (tertiary/aromatic N) is 2. The molecule has 4 unspecified atom stereocenters. The third kappa shape index (κ3) is 8.35. The van der Waals surface area contributed by atoms with Crippen molar-refractivity contribution in [3.05, 3.63) is 52.6 Å². The Balaban J connectivity index is 1.26. The standard InChI is InChI=1S/C38H52N4O8/c1-6-7-8-10-23-13-15-24(16-14-23)28-17-25-19-42(38(47)41-36(25)49-28)31-18-29(30(20-43)48-31)50-37(46)33(22(4)5)40-35(45)27-12-9-11-26(27)34(44)32(39)21(2)3/h13-17,19,21-22,26-27,29-33,43H,6-12,18,20,39H2,1-5H3,(H,40,45)/t26?,27?,29-,30-,31-,32?,33?/m1/s1. The van der Waals surface area contributed by atoms with Crippen molar-refractivity contribution in [1.82, 2.24) is 14.9 Å². The lowest BCUT2D eigenvalue weighted by atomic mass is 9.84. The molecule has 2 aromatic heterocycles. The van der Waals surface area contributed by atoms with Gasteiger partial charge in [-0.15, -0.1) is 0 Å². The number of aliphatic hydroxyl groups is 1. The van der Waals surface area contributed by atoms with Crippen LogP contribution in [0.25, 0.3) is 22.4 Å². The fourth-order valence-electron chi connectivity index (χ4n) is 7.02. The van der Waals surface area contributed by atoms with Crippen molar-refractivity contribution in [3.63, 3.8) is 0 Å². The number of carbonyl (C=O) groups is 3. The molecule has 1 aliphatic carbocycles. The zero-order chi connectivity index (χ0) is 36.1. The van der Waals surface area contributed by atoms with Crippen LogP contribution < -0.4 is 16.7 Å². The highest BCUT2D eigenvalue weighted by Gasteiger charge is 2.43. The number of amides is 1. The van der Waals surface area contributed by atoms with Gasteiger partial charge in [-0.25, -0.2) is 9.59 Å². The molecular formula is C38H52N4O8. The molecule has 2 aliphatic rings. The Labute approximate surface area is 293 Å². The molecule has 4 N–H and O–H groups in total. The van der Waals surface area contributed by atoms with Gasteiger partial charge in [0.2, 0.25) is 11.6 Å². The number of fused-ring (bicyclic) bond motifs is 1. The maximum Gasteiger partial charge on any atom is 0.353 e. The number of ether oxygens (including phenoxy) is 2. The predicted molar refractivity (Wildman–Crippen MR) is 188 cm³/mol. The van der Waals surface area contributed by atoms with Crippen LogP contribution in [0.1, 0.15) is 91.4 Å². The number of nitrogens with two attached hydrogens (primary N) is 1. The molecular weight excluding hydrogens is 640 g/mol. The molecule has 0 spiro atoms. The maximum atomic E-state index is 13.5. The van der Waals surface area contributed by atoms with Gasteiger partial charge in [0, 0.05) is 30.0 Å². The zero-order valence-electron chi connectivity index (χ0n) is 29.8. The first-order chi connectivity index (χ1) is 23.9. The van der Waals surface area contributed by atoms with Crippen LogP contribution in [0.3, 0.4) is 0 Å². The molecule has 2 fully saturated rings. The molecule has 12 nitrogen and oxygen atoms in total. The van der Waals surface area contributed by atoms with Crippen LogP contribution in [-0.2, 0) is 30.3 Å². The highest BCUT2D eigenvalue weighted by molar-refractivity contribution is 5.93. The topological polar surface area (TPSA) is 176 Å². The van der Waals surface area contributed by atoms with E-state index in [-0.39, 0.29) is 35.7 Å². The highest BCUT2D eigenvalue weighted by Crippen LogP contribution is 2.35. The lowest BCUT2D eigenvalue weighted by Crippen LogP contribution is -2.51. The smallest absolute Gasteiger partial charge is 0.353 e. The number of Topliss-reactive ketones (excluding diaryl/α,β-unsaturated/α-hetero) is 1. The van der Waals surface area contributed by atoms with Crippen molar-refractivity contribution in [2.24, 2.45) is 29.4 Å². The molecule has 1 amide bonds. The average Bonchev–Trinajstić information content (AvgIpc) is 3.84. The Kier molecular flexibility index (Phi) is 12.3. The Morgan fingerprint density at radius 3 is 2.46 bits per heavy atom. The van der Waals surface area contributed by atoms with E-state index in [9.17, 15) is 24.3 Å². The first-order valence-electron chi connectivity index (χ1n) is 18.1. The summed E-state index contributed by atoms with van der Waals surface area (Å²) in [4.78, 5) is 57.3. The third-order valence-electron chi connectivity index (χ3n) is 10.2. The number of carbonyl (C=O) groups excluding carboxylic acids is 3. The van der Waals surface area contributed by atoms with Crippen molar-refractivity contribution < 1.29 is 33.4 Å². The van der Waals surface area contributed by atoms with Crippen molar-refractivity contribution in [2.45, 2.75) is 117 Å². The quantitative estimate of drug-likeness (QED) is 0.150. The van der Waals surface area contributed by atoms with Crippen LogP contribution in [0.5, 0.6) is 0 Å². The molecule has 272 valence electrons. The molecule has 12 heteroatoms. The fraction of sp³-hybridized carbons (Fsp3) is 0.605. The Hall–Kier alpha value is -3.87. The summed E-state index contributed by atoms with van der Waals surface area (Å²) < 4.78 is 19.1. The molecule has 1 saturated carbocycles. The first-order valence-corrected chi connectivity index (χ1v) is 18.1. The zero-order valence-corrected chi connectivity index (χ0v) is 29.8. The van der Waals surface area contributed by atoms with Crippen LogP contribution in [0, 0.1) is 23.7 Å². The van der Waals surface area contributed by atoms with Gasteiger partial charge in [-0.05, 0) is 49.1 Å². The van der Waals surface area contributed by atoms with Gasteiger partial charge >= 0.3 is 11.7 Å². The number of ketones is 1. The monoisotopic (exact) mass is 692 g/mol. The lowest BCUT2D eigenvalue weighted by molar-refractivity contribution is -0.158. The number of rotatable bonds is 15. The van der Waals surface area contributed by atoms with Gasteiger partial charge in [-0.3, -0.25) is 14.2 Å². The average molecular weight is 693 g/mol. The molecule has 5 rings (SSSR count). The van der Waals surface area contributed by atoms with E-state index in [2.05, 4.69) is 29.4 Å². The van der Waals surface area contributed by atoms with E-state index in [1.807, 2.05) is 32.0 Å². The van der Waals surface area contributed by atoms with Gasteiger partial charge in [0.25, 0.3) is 0 Å². The van der Waals surface area contributed by atoms with Gasteiger partial charge in [-0.1, -0.05) is 78.1 Å². The number of hydrogen-bond donors (Lipinski definition) is 3. The van der Waals surface area contributed by atoms with E-state index in [1.165, 1.54) is 23.0 Å². The molecule has 1 aromatic carbocycles. The molecule has 3 heterocycles. The van der Waals surface area contributed by atoms with Gasteiger partial charge in [0.15, 0.2) is 5.78 Å². The number of aliphatic hydroxyl groups excluding tert-OH is 1. The van der Waals surface area contributed by atoms with Gasteiger partial charge in [0.1, 0.15) is 30.2 Å². The molecule has 1 saturated heterocycles. The largest absolute Gasteiger partial charge is 0.458 e. The van der Waals surface area contributed by atoms with Crippen LogP contribution in [-0.4, -0.2) is 63.2 Å². The summed E-state index contributed by atoms with van der Waals surface area (Å²) in [5, 5.41) is 13.5. The summed E-state index contributed by atoms with van der Waals surface area (Å²) in [6, 6.07) is 8.33. The van der Waals surface area contributed by atoms with Crippen LogP contribution in [0.2, 0.25) is 0 Å². The van der Waals surface area contributed by atoms with E-state index in [0.717, 1.165) is 24.8 Å². The molecule has 50 heavy (non-hydrogen) atoms. The number of aryl methyl sites for hydroxylation is 1. The van der Waals surface area contributed by atoms with Crippen molar-refractivity contribution in [3.8, 4) is 11.3 Å². The van der Waals surface area contributed by atoms with E-state index in [1.54, 1.807) is 20.0 Å². The second-order valence-electron chi connectivity index (χ2n) is 14.5. The second kappa shape index (κ2) is 16.4. The van der Waals surface area contributed by atoms with E-state index < -0.39 is 60.6 Å². The summed E-state index contributed by atoms with van der Waals surface area (Å²) in [6.07, 6.45) is 5.39. The molecule has 0 radical (unpaired) electrons. The molecule has 1 aliphatic heterocycles. The van der Waals surface area contributed by atoms with Gasteiger partial charge in [-0.2, -0.15) is 4.98 Å². The van der Waals surface area contributed by atoms with E-state index >= 15 is 0 Å². The predicted octanol–water partition coefficient (Wildman–Crippen LogP) is 4.69. The lowest BCUT2D eigenvalue weighted by Gasteiger charge is -2.27. The van der Waals surface area contributed by atoms with Crippen LogP contribution in [0.4, 0.5) is 0 Å².